The SMILES string of the molecule is CCc1nn(CC(=O)NC)c(C)c1-c1c(Cl)ccc2c1c(C)c(C(=O)OC)n2CCCOc1cc(C)cc2ccccc12. The fourth-order valence-corrected chi connectivity index (χ4v) is 6.19. The van der Waals surface area contributed by atoms with Gasteiger partial charge in [-0.3, -0.25) is 9.48 Å². The zero-order valence-electron chi connectivity index (χ0n) is 25.5. The van der Waals surface area contributed by atoms with Crippen LogP contribution in [0.1, 0.15) is 46.3 Å². The van der Waals surface area contributed by atoms with Crippen molar-refractivity contribution in [1.29, 1.82) is 0 Å². The van der Waals surface area contributed by atoms with Crippen LogP contribution in [0, 0.1) is 20.8 Å². The molecule has 2 aromatic heterocycles. The maximum Gasteiger partial charge on any atom is 0.354 e. The molecule has 8 nitrogen and oxygen atoms in total. The average Bonchev–Trinajstić information content (AvgIpc) is 3.46. The molecule has 0 radical (unpaired) electrons. The van der Waals surface area contributed by atoms with E-state index in [1.807, 2.05) is 49.6 Å². The van der Waals surface area contributed by atoms with E-state index in [1.165, 1.54) is 7.11 Å². The first-order valence-corrected chi connectivity index (χ1v) is 14.9. The number of carbonyl (C=O) groups excluding carboxylic acids is 2. The fourth-order valence-electron chi connectivity index (χ4n) is 5.94. The number of esters is 1. The molecule has 43 heavy (non-hydrogen) atoms. The van der Waals surface area contributed by atoms with Gasteiger partial charge in [-0.15, -0.1) is 0 Å². The van der Waals surface area contributed by atoms with E-state index in [2.05, 4.69) is 36.5 Å². The number of halogens is 1. The Morgan fingerprint density at radius 1 is 1.05 bits per heavy atom. The highest BCUT2D eigenvalue weighted by Crippen LogP contribution is 2.42. The summed E-state index contributed by atoms with van der Waals surface area (Å²) in [6.45, 7) is 9.07. The minimum absolute atomic E-state index is 0.104. The third-order valence-electron chi connectivity index (χ3n) is 7.99. The summed E-state index contributed by atoms with van der Waals surface area (Å²) in [5, 5.41) is 11.0. The van der Waals surface area contributed by atoms with E-state index in [4.69, 9.17) is 26.2 Å². The largest absolute Gasteiger partial charge is 0.493 e. The van der Waals surface area contributed by atoms with Crippen molar-refractivity contribution in [1.82, 2.24) is 19.7 Å². The average molecular weight is 601 g/mol. The third kappa shape index (κ3) is 5.59. The number of amides is 1. The first-order valence-electron chi connectivity index (χ1n) is 14.5. The predicted molar refractivity (Wildman–Crippen MR) is 171 cm³/mol. The molecule has 0 bridgehead atoms. The van der Waals surface area contributed by atoms with Crippen LogP contribution in [-0.4, -0.2) is 47.0 Å². The highest BCUT2D eigenvalue weighted by Gasteiger charge is 2.27. The van der Waals surface area contributed by atoms with Gasteiger partial charge in [-0.2, -0.15) is 5.10 Å². The molecule has 0 unspecified atom stereocenters. The van der Waals surface area contributed by atoms with Gasteiger partial charge in [0.1, 0.15) is 18.0 Å². The molecule has 5 aromatic rings. The van der Waals surface area contributed by atoms with Crippen molar-refractivity contribution in [3.8, 4) is 16.9 Å². The van der Waals surface area contributed by atoms with Crippen LogP contribution >= 0.6 is 11.6 Å². The lowest BCUT2D eigenvalue weighted by Gasteiger charge is -2.13. The quantitative estimate of drug-likeness (QED) is 0.141. The van der Waals surface area contributed by atoms with Crippen LogP contribution in [0.15, 0.2) is 48.5 Å². The summed E-state index contributed by atoms with van der Waals surface area (Å²) in [6.07, 6.45) is 1.31. The Labute approximate surface area is 256 Å². The first-order chi connectivity index (χ1) is 20.7. The van der Waals surface area contributed by atoms with Crippen LogP contribution in [0.2, 0.25) is 5.02 Å². The van der Waals surface area contributed by atoms with Crippen molar-refractivity contribution in [2.45, 2.75) is 53.6 Å². The van der Waals surface area contributed by atoms with Crippen LogP contribution in [0.4, 0.5) is 0 Å². The van der Waals surface area contributed by atoms with Crippen LogP contribution in [0.5, 0.6) is 5.75 Å². The Bertz CT molecular complexity index is 1850. The fraction of sp³-hybridized carbons (Fsp3) is 0.324. The summed E-state index contributed by atoms with van der Waals surface area (Å²) in [7, 11) is 3.00. The molecule has 0 saturated heterocycles. The number of hydrogen-bond donors (Lipinski definition) is 1. The van der Waals surface area contributed by atoms with Gasteiger partial charge in [-0.1, -0.05) is 48.9 Å². The van der Waals surface area contributed by atoms with Crippen molar-refractivity contribution in [2.24, 2.45) is 0 Å². The van der Waals surface area contributed by atoms with Crippen molar-refractivity contribution in [2.75, 3.05) is 20.8 Å². The summed E-state index contributed by atoms with van der Waals surface area (Å²) in [5.41, 5.74) is 6.63. The topological polar surface area (TPSA) is 87.4 Å². The van der Waals surface area contributed by atoms with E-state index >= 15 is 0 Å². The van der Waals surface area contributed by atoms with E-state index < -0.39 is 5.97 Å². The zero-order chi connectivity index (χ0) is 30.8. The van der Waals surface area contributed by atoms with Gasteiger partial charge in [0.05, 0.1) is 19.4 Å². The Balaban J connectivity index is 1.55. The second-order valence-corrected chi connectivity index (χ2v) is 11.1. The molecule has 2 heterocycles. The smallest absolute Gasteiger partial charge is 0.354 e. The summed E-state index contributed by atoms with van der Waals surface area (Å²) >= 11 is 6.92. The Hall–Kier alpha value is -4.30. The highest BCUT2D eigenvalue weighted by molar-refractivity contribution is 6.35. The lowest BCUT2D eigenvalue weighted by atomic mass is 9.96. The monoisotopic (exact) mass is 600 g/mol. The minimum atomic E-state index is -0.413. The molecular weight excluding hydrogens is 564 g/mol. The van der Waals surface area contributed by atoms with Gasteiger partial charge in [0.2, 0.25) is 5.91 Å². The Morgan fingerprint density at radius 2 is 1.81 bits per heavy atom. The molecule has 1 amide bonds. The highest BCUT2D eigenvalue weighted by atomic mass is 35.5. The maximum absolute atomic E-state index is 13.2. The first kappa shape index (κ1) is 30.2. The molecule has 0 spiro atoms. The minimum Gasteiger partial charge on any atom is -0.493 e. The number of ether oxygens (including phenoxy) is 2. The van der Waals surface area contributed by atoms with Gasteiger partial charge >= 0.3 is 5.97 Å². The van der Waals surface area contributed by atoms with Crippen LogP contribution in [0.25, 0.3) is 32.8 Å². The Kier molecular flexibility index (Phi) is 8.78. The van der Waals surface area contributed by atoms with E-state index in [0.717, 1.165) is 61.1 Å². The molecule has 0 aliphatic carbocycles. The predicted octanol–water partition coefficient (Wildman–Crippen LogP) is 6.80. The number of rotatable bonds is 10. The van der Waals surface area contributed by atoms with E-state index in [-0.39, 0.29) is 12.5 Å². The van der Waals surface area contributed by atoms with Crippen LogP contribution in [0.3, 0.4) is 0 Å². The van der Waals surface area contributed by atoms with E-state index in [0.29, 0.717) is 36.7 Å². The van der Waals surface area contributed by atoms with E-state index in [1.54, 1.807) is 11.7 Å². The molecule has 0 saturated carbocycles. The van der Waals surface area contributed by atoms with Gasteiger partial charge in [0, 0.05) is 51.7 Å². The number of carbonyl (C=O) groups is 2. The summed E-state index contributed by atoms with van der Waals surface area (Å²) in [5.74, 6) is 0.298. The molecular formula is C34H37ClN4O4. The van der Waals surface area contributed by atoms with Crippen molar-refractivity contribution >= 4 is 45.2 Å². The lowest BCUT2D eigenvalue weighted by molar-refractivity contribution is -0.121. The number of likely N-dealkylation sites (N-methyl/N-ethyl adjacent to an activating group) is 1. The molecule has 0 atom stereocenters. The van der Waals surface area contributed by atoms with Crippen molar-refractivity contribution < 1.29 is 19.1 Å². The van der Waals surface area contributed by atoms with Gasteiger partial charge in [0.25, 0.3) is 0 Å². The molecule has 3 aromatic carbocycles. The Morgan fingerprint density at radius 3 is 2.53 bits per heavy atom. The summed E-state index contributed by atoms with van der Waals surface area (Å²) < 4.78 is 15.2. The van der Waals surface area contributed by atoms with Crippen molar-refractivity contribution in [3.63, 3.8) is 0 Å². The van der Waals surface area contributed by atoms with Gasteiger partial charge in [-0.25, -0.2) is 4.79 Å². The normalized spacial score (nSPS) is 11.3. The van der Waals surface area contributed by atoms with Crippen LogP contribution < -0.4 is 10.1 Å². The number of benzene rings is 3. The molecule has 1 N–H and O–H groups in total. The maximum atomic E-state index is 13.2. The lowest BCUT2D eigenvalue weighted by Crippen LogP contribution is -2.24. The third-order valence-corrected chi connectivity index (χ3v) is 8.31. The van der Waals surface area contributed by atoms with Crippen molar-refractivity contribution in [3.05, 3.63) is 81.8 Å². The van der Waals surface area contributed by atoms with E-state index in [9.17, 15) is 9.59 Å². The molecule has 9 heteroatoms. The van der Waals surface area contributed by atoms with Gasteiger partial charge < -0.3 is 19.4 Å². The molecule has 0 fully saturated rings. The number of methoxy groups -OCH3 is 1. The second-order valence-electron chi connectivity index (χ2n) is 10.7. The van der Waals surface area contributed by atoms with Gasteiger partial charge in [0.15, 0.2) is 0 Å². The molecule has 0 aliphatic rings. The molecule has 0 aliphatic heterocycles. The summed E-state index contributed by atoms with van der Waals surface area (Å²) in [4.78, 5) is 25.4. The number of aromatic nitrogens is 3. The second kappa shape index (κ2) is 12.5. The number of nitrogens with one attached hydrogen (secondary N) is 1. The zero-order valence-corrected chi connectivity index (χ0v) is 26.3. The number of fused-ring (bicyclic) bond motifs is 2. The number of hydrogen-bond acceptors (Lipinski definition) is 5. The number of aryl methyl sites for hydroxylation is 4. The molecule has 5 rings (SSSR count). The standard InChI is InChI=1S/C34H37ClN4O4/c1-7-26-31(22(4)39(37-26)19-29(40)36-5)32-25(35)13-14-27-30(32)21(3)33(34(41)42-6)38(27)15-10-16-43-28-18-20(2)17-23-11-8-9-12-24(23)28/h8-9,11-14,17-18H,7,10,15-16,19H2,1-6H3,(H,36,40). The van der Waals surface area contributed by atoms with Gasteiger partial charge in [-0.05, 0) is 68.3 Å². The van der Waals surface area contributed by atoms with Crippen LogP contribution in [-0.2, 0) is 29.0 Å². The molecule has 224 valence electrons. The number of nitrogens with zero attached hydrogens (tertiary/aromatic N) is 3. The summed E-state index contributed by atoms with van der Waals surface area (Å²) in [6, 6.07) is 16.2.